The van der Waals surface area contributed by atoms with Crippen LogP contribution >= 0.6 is 15.9 Å². The van der Waals surface area contributed by atoms with Crippen LogP contribution in [-0.4, -0.2) is 37.3 Å². The van der Waals surface area contributed by atoms with Crippen LogP contribution in [0.3, 0.4) is 0 Å². The predicted octanol–water partition coefficient (Wildman–Crippen LogP) is 2.81. The Labute approximate surface area is 111 Å². The fraction of sp³-hybridized carbons (Fsp3) is 0.750. The number of alkyl halides is 1. The van der Waals surface area contributed by atoms with Gasteiger partial charge in [0.1, 0.15) is 6.17 Å². The summed E-state index contributed by atoms with van der Waals surface area (Å²) in [7, 11) is 0. The SMILES string of the molecule is CC(C)OC(C)CCNC1N=CC(Br)=CC1F. The van der Waals surface area contributed by atoms with Crippen molar-refractivity contribution in [3.05, 3.63) is 10.6 Å². The van der Waals surface area contributed by atoms with Crippen LogP contribution in [0.25, 0.3) is 0 Å². The number of hydrogen-bond donors (Lipinski definition) is 1. The first-order valence-electron chi connectivity index (χ1n) is 5.92. The minimum absolute atomic E-state index is 0.176. The van der Waals surface area contributed by atoms with E-state index in [-0.39, 0.29) is 12.2 Å². The summed E-state index contributed by atoms with van der Waals surface area (Å²) in [6.07, 6.45) is 2.85. The minimum atomic E-state index is -1.07. The van der Waals surface area contributed by atoms with E-state index in [0.29, 0.717) is 11.0 Å². The highest BCUT2D eigenvalue weighted by molar-refractivity contribution is 9.12. The van der Waals surface area contributed by atoms with E-state index in [4.69, 9.17) is 4.74 Å². The van der Waals surface area contributed by atoms with Gasteiger partial charge in [-0.1, -0.05) is 0 Å². The lowest BCUT2D eigenvalue weighted by atomic mass is 10.2. The zero-order chi connectivity index (χ0) is 12.8. The van der Waals surface area contributed by atoms with Crippen molar-refractivity contribution in [2.24, 2.45) is 4.99 Å². The number of aliphatic imine (C=N–C) groups is 1. The van der Waals surface area contributed by atoms with E-state index in [0.717, 1.165) is 6.42 Å². The molecule has 3 unspecified atom stereocenters. The van der Waals surface area contributed by atoms with Crippen LogP contribution in [0.15, 0.2) is 15.6 Å². The molecule has 0 saturated carbocycles. The molecule has 0 spiro atoms. The lowest BCUT2D eigenvalue weighted by Crippen LogP contribution is -2.38. The summed E-state index contributed by atoms with van der Waals surface area (Å²) in [5.74, 6) is 0. The van der Waals surface area contributed by atoms with Crippen LogP contribution in [0, 0.1) is 0 Å². The molecule has 0 fully saturated rings. The molecule has 0 aliphatic carbocycles. The van der Waals surface area contributed by atoms with Gasteiger partial charge in [0.2, 0.25) is 0 Å². The Kier molecular flexibility index (Phi) is 6.30. The van der Waals surface area contributed by atoms with Crippen molar-refractivity contribution in [2.45, 2.75) is 51.7 Å². The first-order valence-corrected chi connectivity index (χ1v) is 6.71. The van der Waals surface area contributed by atoms with Crippen LogP contribution in [0.4, 0.5) is 4.39 Å². The minimum Gasteiger partial charge on any atom is -0.376 e. The normalized spacial score (nSPS) is 26.1. The van der Waals surface area contributed by atoms with E-state index in [9.17, 15) is 4.39 Å². The van der Waals surface area contributed by atoms with Gasteiger partial charge in [0.15, 0.2) is 6.17 Å². The highest BCUT2D eigenvalue weighted by Crippen LogP contribution is 2.15. The highest BCUT2D eigenvalue weighted by Gasteiger charge is 2.20. The largest absolute Gasteiger partial charge is 0.376 e. The number of nitrogens with one attached hydrogen (secondary N) is 1. The third-order valence-electron chi connectivity index (χ3n) is 2.39. The number of halogens is 2. The van der Waals surface area contributed by atoms with Gasteiger partial charge in [-0.3, -0.25) is 10.3 Å². The van der Waals surface area contributed by atoms with Gasteiger partial charge in [0.05, 0.1) is 12.2 Å². The maximum Gasteiger partial charge on any atom is 0.155 e. The highest BCUT2D eigenvalue weighted by atomic mass is 79.9. The third kappa shape index (κ3) is 5.75. The number of ether oxygens (including phenoxy) is 1. The van der Waals surface area contributed by atoms with Gasteiger partial charge in [0.25, 0.3) is 0 Å². The monoisotopic (exact) mass is 306 g/mol. The Morgan fingerprint density at radius 2 is 2.24 bits per heavy atom. The quantitative estimate of drug-likeness (QED) is 0.818. The second kappa shape index (κ2) is 7.24. The number of allylic oxidation sites excluding steroid dienone is 1. The zero-order valence-corrected chi connectivity index (χ0v) is 12.1. The van der Waals surface area contributed by atoms with E-state index in [1.165, 1.54) is 6.08 Å². The Hall–Kier alpha value is -0.260. The second-order valence-corrected chi connectivity index (χ2v) is 5.37. The number of hydrogen-bond acceptors (Lipinski definition) is 3. The average molecular weight is 307 g/mol. The van der Waals surface area contributed by atoms with Crippen LogP contribution in [0.2, 0.25) is 0 Å². The third-order valence-corrected chi connectivity index (χ3v) is 2.86. The van der Waals surface area contributed by atoms with E-state index >= 15 is 0 Å². The molecule has 0 saturated heterocycles. The Morgan fingerprint density at radius 1 is 1.53 bits per heavy atom. The maximum absolute atomic E-state index is 13.5. The molecule has 1 aliphatic rings. The molecular formula is C12H20BrFN2O. The van der Waals surface area contributed by atoms with E-state index in [1.54, 1.807) is 6.21 Å². The average Bonchev–Trinajstić information content (AvgIpc) is 2.20. The first-order chi connectivity index (χ1) is 7.99. The second-order valence-electron chi connectivity index (χ2n) is 4.46. The van der Waals surface area contributed by atoms with Gasteiger partial charge >= 0.3 is 0 Å². The number of rotatable bonds is 6. The lowest BCUT2D eigenvalue weighted by molar-refractivity contribution is 0.0141. The summed E-state index contributed by atoms with van der Waals surface area (Å²) < 4.78 is 19.8. The molecule has 98 valence electrons. The van der Waals surface area contributed by atoms with Gasteiger partial charge < -0.3 is 4.74 Å². The van der Waals surface area contributed by atoms with Crippen molar-refractivity contribution in [1.82, 2.24) is 5.32 Å². The molecule has 1 aliphatic heterocycles. The van der Waals surface area contributed by atoms with Crippen LogP contribution in [0.5, 0.6) is 0 Å². The molecule has 3 atom stereocenters. The Bertz CT molecular complexity index is 294. The van der Waals surface area contributed by atoms with Crippen molar-refractivity contribution in [3.63, 3.8) is 0 Å². The van der Waals surface area contributed by atoms with Crippen molar-refractivity contribution in [2.75, 3.05) is 6.54 Å². The molecule has 3 nitrogen and oxygen atoms in total. The lowest BCUT2D eigenvalue weighted by Gasteiger charge is -2.21. The summed E-state index contributed by atoms with van der Waals surface area (Å²) in [6, 6.07) is 0. The zero-order valence-electron chi connectivity index (χ0n) is 10.5. The first kappa shape index (κ1) is 14.8. The molecule has 1 rings (SSSR count). The van der Waals surface area contributed by atoms with Gasteiger partial charge in [-0.15, -0.1) is 0 Å². The fourth-order valence-electron chi connectivity index (χ4n) is 1.65. The number of nitrogens with zero attached hydrogens (tertiary/aromatic N) is 1. The molecule has 1 heterocycles. The fourth-order valence-corrected chi connectivity index (χ4v) is 2.02. The predicted molar refractivity (Wildman–Crippen MR) is 72.5 cm³/mol. The van der Waals surface area contributed by atoms with Gasteiger partial charge in [-0.05, 0) is 55.7 Å². The molecule has 0 bridgehead atoms. The summed E-state index contributed by atoms with van der Waals surface area (Å²) >= 11 is 3.20. The summed E-state index contributed by atoms with van der Waals surface area (Å²) in [5, 5.41) is 3.08. The molecule has 17 heavy (non-hydrogen) atoms. The number of dihydropyridines is 1. The van der Waals surface area contributed by atoms with Crippen molar-refractivity contribution >= 4 is 22.1 Å². The molecule has 0 amide bonds. The van der Waals surface area contributed by atoms with Crippen molar-refractivity contribution in [1.29, 1.82) is 0 Å². The van der Waals surface area contributed by atoms with Gasteiger partial charge in [-0.25, -0.2) is 4.39 Å². The molecule has 0 radical (unpaired) electrons. The molecular weight excluding hydrogens is 287 g/mol. The molecule has 0 aromatic carbocycles. The van der Waals surface area contributed by atoms with Crippen LogP contribution in [0.1, 0.15) is 27.2 Å². The van der Waals surface area contributed by atoms with Crippen LogP contribution < -0.4 is 5.32 Å². The molecule has 0 aromatic heterocycles. The summed E-state index contributed by atoms with van der Waals surface area (Å²) in [6.45, 7) is 6.74. The topological polar surface area (TPSA) is 33.6 Å². The van der Waals surface area contributed by atoms with E-state index in [2.05, 4.69) is 26.2 Å². The smallest absolute Gasteiger partial charge is 0.155 e. The molecule has 1 N–H and O–H groups in total. The van der Waals surface area contributed by atoms with E-state index < -0.39 is 12.3 Å². The standard InChI is InChI=1S/C12H20BrFN2O/c1-8(2)17-9(3)4-5-15-12-11(14)6-10(13)7-16-12/h6-9,11-12,15H,4-5H2,1-3H3. The molecule has 0 aromatic rings. The Balaban J connectivity index is 2.21. The summed E-state index contributed by atoms with van der Waals surface area (Å²) in [4.78, 5) is 4.08. The van der Waals surface area contributed by atoms with Crippen molar-refractivity contribution in [3.8, 4) is 0 Å². The Morgan fingerprint density at radius 3 is 2.82 bits per heavy atom. The van der Waals surface area contributed by atoms with Gasteiger partial charge in [-0.2, -0.15) is 0 Å². The maximum atomic E-state index is 13.5. The van der Waals surface area contributed by atoms with Gasteiger partial charge in [0, 0.05) is 10.7 Å². The van der Waals surface area contributed by atoms with Crippen molar-refractivity contribution < 1.29 is 9.13 Å². The summed E-state index contributed by atoms with van der Waals surface area (Å²) in [5.41, 5.74) is 0. The van der Waals surface area contributed by atoms with Crippen LogP contribution in [-0.2, 0) is 4.74 Å². The van der Waals surface area contributed by atoms with E-state index in [1.807, 2.05) is 20.8 Å². The molecule has 5 heteroatoms.